The molecule has 0 saturated heterocycles. The standard InChI is InChI=1S/C15H16F2N2O4/c1-21-7-11-12(14(20)22-2)13(19-15(18-11)23-3)8-4-5-9(16)10(17)6-8/h4-6,12-13H,7H2,1-3H3/t12?,13-/m0/s1. The van der Waals surface area contributed by atoms with Gasteiger partial charge in [-0.1, -0.05) is 6.07 Å². The number of nitrogens with zero attached hydrogens (tertiary/aromatic N) is 2. The summed E-state index contributed by atoms with van der Waals surface area (Å²) in [7, 11) is 4.04. The maximum atomic E-state index is 13.5. The third kappa shape index (κ3) is 3.53. The van der Waals surface area contributed by atoms with Gasteiger partial charge in [-0.3, -0.25) is 4.79 Å². The van der Waals surface area contributed by atoms with Crippen LogP contribution < -0.4 is 0 Å². The van der Waals surface area contributed by atoms with Crippen molar-refractivity contribution in [2.24, 2.45) is 15.9 Å². The summed E-state index contributed by atoms with van der Waals surface area (Å²) in [5.74, 6) is -3.53. The second-order valence-corrected chi connectivity index (χ2v) is 4.77. The molecule has 1 heterocycles. The van der Waals surface area contributed by atoms with E-state index in [0.29, 0.717) is 11.3 Å². The van der Waals surface area contributed by atoms with Crippen LogP contribution in [0.15, 0.2) is 28.2 Å². The minimum absolute atomic E-state index is 0.0203. The van der Waals surface area contributed by atoms with Crippen molar-refractivity contribution in [3.63, 3.8) is 0 Å². The Kier molecular flexibility index (Phi) is 5.38. The normalized spacial score (nSPS) is 20.6. The van der Waals surface area contributed by atoms with Gasteiger partial charge in [0, 0.05) is 7.11 Å². The number of carbonyl (C=O) groups excluding carboxylic acids is 1. The maximum Gasteiger partial charge on any atom is 0.317 e. The van der Waals surface area contributed by atoms with E-state index in [1.807, 2.05) is 0 Å². The van der Waals surface area contributed by atoms with Gasteiger partial charge >= 0.3 is 12.0 Å². The third-order valence-electron chi connectivity index (χ3n) is 3.38. The van der Waals surface area contributed by atoms with Crippen LogP contribution in [0.1, 0.15) is 11.6 Å². The number of carbonyl (C=O) groups is 1. The van der Waals surface area contributed by atoms with E-state index in [2.05, 4.69) is 9.98 Å². The second-order valence-electron chi connectivity index (χ2n) is 4.77. The van der Waals surface area contributed by atoms with Crippen molar-refractivity contribution in [1.29, 1.82) is 0 Å². The molecule has 6 nitrogen and oxygen atoms in total. The Morgan fingerprint density at radius 3 is 2.52 bits per heavy atom. The lowest BCUT2D eigenvalue weighted by Crippen LogP contribution is -2.37. The van der Waals surface area contributed by atoms with Crippen LogP contribution in [0.4, 0.5) is 8.78 Å². The summed E-state index contributed by atoms with van der Waals surface area (Å²) in [5, 5.41) is 0. The average Bonchev–Trinajstić information content (AvgIpc) is 2.56. The van der Waals surface area contributed by atoms with Crippen molar-refractivity contribution in [3.05, 3.63) is 35.4 Å². The van der Waals surface area contributed by atoms with Crippen molar-refractivity contribution in [3.8, 4) is 0 Å². The fraction of sp³-hybridized carbons (Fsp3) is 0.400. The summed E-state index contributed by atoms with van der Waals surface area (Å²) in [4.78, 5) is 20.4. The van der Waals surface area contributed by atoms with Crippen LogP contribution in [0.3, 0.4) is 0 Å². The molecule has 0 bridgehead atoms. The summed E-state index contributed by atoms with van der Waals surface area (Å²) >= 11 is 0. The molecule has 0 fully saturated rings. The molecule has 124 valence electrons. The summed E-state index contributed by atoms with van der Waals surface area (Å²) < 4.78 is 41.6. The highest BCUT2D eigenvalue weighted by molar-refractivity contribution is 6.09. The fourth-order valence-electron chi connectivity index (χ4n) is 2.32. The van der Waals surface area contributed by atoms with Crippen LogP contribution in [0.2, 0.25) is 0 Å². The molecule has 1 aliphatic rings. The Morgan fingerprint density at radius 1 is 1.22 bits per heavy atom. The number of rotatable bonds is 4. The van der Waals surface area contributed by atoms with Gasteiger partial charge in [-0.15, -0.1) is 0 Å². The van der Waals surface area contributed by atoms with Gasteiger partial charge in [0.05, 0.1) is 32.6 Å². The van der Waals surface area contributed by atoms with Crippen molar-refractivity contribution < 1.29 is 27.8 Å². The molecule has 0 saturated carbocycles. The number of esters is 1. The number of benzene rings is 1. The Bertz CT molecular complexity index is 661. The van der Waals surface area contributed by atoms with E-state index in [9.17, 15) is 13.6 Å². The molecule has 0 aliphatic carbocycles. The highest BCUT2D eigenvalue weighted by Gasteiger charge is 2.38. The van der Waals surface area contributed by atoms with Gasteiger partial charge in [0.1, 0.15) is 5.92 Å². The molecule has 2 rings (SSSR count). The lowest BCUT2D eigenvalue weighted by Gasteiger charge is -2.27. The average molecular weight is 326 g/mol. The number of hydrogen-bond donors (Lipinski definition) is 0. The number of halogens is 2. The zero-order chi connectivity index (χ0) is 17.0. The highest BCUT2D eigenvalue weighted by Crippen LogP contribution is 2.32. The van der Waals surface area contributed by atoms with Crippen molar-refractivity contribution in [2.75, 3.05) is 27.9 Å². The monoisotopic (exact) mass is 326 g/mol. The largest absolute Gasteiger partial charge is 0.468 e. The summed E-state index contributed by atoms with van der Waals surface area (Å²) in [6, 6.07) is 2.48. The van der Waals surface area contributed by atoms with Gasteiger partial charge in [-0.25, -0.2) is 18.8 Å². The molecule has 0 spiro atoms. The van der Waals surface area contributed by atoms with E-state index < -0.39 is 29.6 Å². The van der Waals surface area contributed by atoms with E-state index in [1.54, 1.807) is 0 Å². The molecule has 0 radical (unpaired) electrons. The van der Waals surface area contributed by atoms with E-state index >= 15 is 0 Å². The van der Waals surface area contributed by atoms with Crippen molar-refractivity contribution in [2.45, 2.75) is 6.04 Å². The van der Waals surface area contributed by atoms with Gasteiger partial charge in [0.15, 0.2) is 11.6 Å². The van der Waals surface area contributed by atoms with Crippen LogP contribution in [-0.2, 0) is 19.0 Å². The molecule has 1 unspecified atom stereocenters. The van der Waals surface area contributed by atoms with Crippen LogP contribution in [0.25, 0.3) is 0 Å². The Morgan fingerprint density at radius 2 is 1.96 bits per heavy atom. The van der Waals surface area contributed by atoms with Gasteiger partial charge in [0.2, 0.25) is 0 Å². The minimum atomic E-state index is -1.03. The number of amidine groups is 1. The number of methoxy groups -OCH3 is 3. The molecule has 0 N–H and O–H groups in total. The van der Waals surface area contributed by atoms with E-state index in [1.165, 1.54) is 27.4 Å². The summed E-state index contributed by atoms with van der Waals surface area (Å²) in [6.07, 6.45) is 0. The predicted molar refractivity (Wildman–Crippen MR) is 78.4 cm³/mol. The molecule has 0 aromatic heterocycles. The molecule has 1 aromatic rings. The smallest absolute Gasteiger partial charge is 0.317 e. The predicted octanol–water partition coefficient (Wildman–Crippen LogP) is 1.90. The van der Waals surface area contributed by atoms with Gasteiger partial charge in [-0.05, 0) is 17.7 Å². The lowest BCUT2D eigenvalue weighted by atomic mass is 9.88. The van der Waals surface area contributed by atoms with Crippen LogP contribution in [0, 0.1) is 17.6 Å². The van der Waals surface area contributed by atoms with Crippen molar-refractivity contribution >= 4 is 17.7 Å². The minimum Gasteiger partial charge on any atom is -0.468 e. The highest BCUT2D eigenvalue weighted by atomic mass is 19.2. The van der Waals surface area contributed by atoms with Gasteiger partial charge < -0.3 is 14.2 Å². The Hall–Kier alpha value is -2.35. The van der Waals surface area contributed by atoms with Crippen LogP contribution >= 0.6 is 0 Å². The summed E-state index contributed by atoms with van der Waals surface area (Å²) in [6.45, 7) is 0.0440. The van der Waals surface area contributed by atoms with Crippen LogP contribution in [-0.4, -0.2) is 45.6 Å². The van der Waals surface area contributed by atoms with Crippen molar-refractivity contribution in [1.82, 2.24) is 0 Å². The molecule has 1 aromatic carbocycles. The second kappa shape index (κ2) is 7.28. The zero-order valence-corrected chi connectivity index (χ0v) is 12.9. The SMILES string of the molecule is COCC1=NC(OC)=N[C@@H](c2ccc(F)c(F)c2)C1C(=O)OC. The molecule has 1 aliphatic heterocycles. The van der Waals surface area contributed by atoms with Gasteiger partial charge in [0.25, 0.3) is 0 Å². The number of aliphatic imine (C=N–C) groups is 2. The molecular weight excluding hydrogens is 310 g/mol. The maximum absolute atomic E-state index is 13.5. The molecule has 0 amide bonds. The van der Waals surface area contributed by atoms with E-state index in [4.69, 9.17) is 14.2 Å². The first-order chi connectivity index (χ1) is 11.0. The summed E-state index contributed by atoms with van der Waals surface area (Å²) in [5.41, 5.74) is 0.637. The quantitative estimate of drug-likeness (QED) is 0.793. The Balaban J connectivity index is 2.51. The molecule has 8 heteroatoms. The van der Waals surface area contributed by atoms with Crippen LogP contribution in [0.5, 0.6) is 0 Å². The number of hydrogen-bond acceptors (Lipinski definition) is 6. The molecular formula is C15H16F2N2O4. The van der Waals surface area contributed by atoms with E-state index in [-0.39, 0.29) is 12.6 Å². The first-order valence-electron chi connectivity index (χ1n) is 6.72. The Labute approximate surface area is 131 Å². The third-order valence-corrected chi connectivity index (χ3v) is 3.38. The van der Waals surface area contributed by atoms with E-state index in [0.717, 1.165) is 12.1 Å². The van der Waals surface area contributed by atoms with Gasteiger partial charge in [-0.2, -0.15) is 0 Å². The topological polar surface area (TPSA) is 69.5 Å². The first-order valence-corrected chi connectivity index (χ1v) is 6.72. The number of ether oxygens (including phenoxy) is 3. The molecule has 2 atom stereocenters. The fourth-order valence-corrected chi connectivity index (χ4v) is 2.32. The first kappa shape index (κ1) is 17.0. The lowest BCUT2D eigenvalue weighted by molar-refractivity contribution is -0.143. The zero-order valence-electron chi connectivity index (χ0n) is 12.9. The molecule has 23 heavy (non-hydrogen) atoms.